The molecule has 0 bridgehead atoms. The van der Waals surface area contributed by atoms with Crippen LogP contribution in [-0.2, 0) is 25.6 Å². The Labute approximate surface area is 177 Å². The molecule has 2 rings (SSSR count). The maximum absolute atomic E-state index is 12.4. The normalized spacial score (nSPS) is 15.8. The maximum atomic E-state index is 12.4. The van der Waals surface area contributed by atoms with E-state index in [0.717, 1.165) is 5.56 Å². The SMILES string of the molecule is COc1ccccc1CNC(=O)[C@@H](C)OC(=O)C1CCN(C(=O)OC(C)(C)C)CC1. The fourth-order valence-electron chi connectivity index (χ4n) is 3.12. The largest absolute Gasteiger partial charge is 0.496 e. The Hall–Kier alpha value is -2.77. The third-order valence-corrected chi connectivity index (χ3v) is 4.79. The van der Waals surface area contributed by atoms with E-state index in [4.69, 9.17) is 14.2 Å². The molecule has 0 unspecified atom stereocenters. The Morgan fingerprint density at radius 3 is 2.40 bits per heavy atom. The number of piperidine rings is 1. The molecule has 0 saturated carbocycles. The smallest absolute Gasteiger partial charge is 0.410 e. The van der Waals surface area contributed by atoms with Crippen LogP contribution in [-0.4, -0.2) is 54.8 Å². The summed E-state index contributed by atoms with van der Waals surface area (Å²) in [5, 5.41) is 2.76. The summed E-state index contributed by atoms with van der Waals surface area (Å²) in [6.45, 7) is 8.11. The molecule has 1 aliphatic heterocycles. The van der Waals surface area contributed by atoms with Gasteiger partial charge in [-0.15, -0.1) is 0 Å². The van der Waals surface area contributed by atoms with E-state index in [0.29, 0.717) is 31.7 Å². The van der Waals surface area contributed by atoms with Crippen molar-refractivity contribution in [2.24, 2.45) is 5.92 Å². The molecule has 1 atom stereocenters. The molecule has 0 aromatic heterocycles. The van der Waals surface area contributed by atoms with Crippen molar-refractivity contribution >= 4 is 18.0 Å². The highest BCUT2D eigenvalue weighted by Crippen LogP contribution is 2.21. The molecule has 1 aliphatic rings. The summed E-state index contributed by atoms with van der Waals surface area (Å²) in [5.41, 5.74) is 0.278. The summed E-state index contributed by atoms with van der Waals surface area (Å²) in [7, 11) is 1.57. The Bertz CT molecular complexity index is 750. The van der Waals surface area contributed by atoms with E-state index in [2.05, 4.69) is 5.32 Å². The van der Waals surface area contributed by atoms with E-state index in [-0.39, 0.29) is 24.5 Å². The number of esters is 1. The molecule has 0 aliphatic carbocycles. The third-order valence-electron chi connectivity index (χ3n) is 4.79. The number of amides is 2. The zero-order valence-corrected chi connectivity index (χ0v) is 18.4. The maximum Gasteiger partial charge on any atom is 0.410 e. The van der Waals surface area contributed by atoms with Crippen LogP contribution >= 0.6 is 0 Å². The van der Waals surface area contributed by atoms with Crippen LogP contribution in [0.3, 0.4) is 0 Å². The Kier molecular flexibility index (Phi) is 8.08. The highest BCUT2D eigenvalue weighted by molar-refractivity contribution is 5.84. The van der Waals surface area contributed by atoms with E-state index in [1.54, 1.807) is 18.9 Å². The minimum absolute atomic E-state index is 0.277. The van der Waals surface area contributed by atoms with Gasteiger partial charge < -0.3 is 24.4 Å². The van der Waals surface area contributed by atoms with Gasteiger partial charge in [0.15, 0.2) is 6.10 Å². The highest BCUT2D eigenvalue weighted by atomic mass is 16.6. The Morgan fingerprint density at radius 2 is 1.80 bits per heavy atom. The number of rotatable bonds is 6. The van der Waals surface area contributed by atoms with Gasteiger partial charge in [0.2, 0.25) is 0 Å². The number of carbonyl (C=O) groups is 3. The summed E-state index contributed by atoms with van der Waals surface area (Å²) in [6, 6.07) is 7.38. The molecule has 1 aromatic rings. The minimum Gasteiger partial charge on any atom is -0.496 e. The summed E-state index contributed by atoms with van der Waals surface area (Å²) in [6.07, 6.45) is -0.323. The van der Waals surface area contributed by atoms with Crippen molar-refractivity contribution in [1.29, 1.82) is 0 Å². The van der Waals surface area contributed by atoms with Gasteiger partial charge in [0.05, 0.1) is 13.0 Å². The average Bonchev–Trinajstić information content (AvgIpc) is 2.70. The van der Waals surface area contributed by atoms with Gasteiger partial charge in [0.25, 0.3) is 5.91 Å². The van der Waals surface area contributed by atoms with E-state index < -0.39 is 17.7 Å². The van der Waals surface area contributed by atoms with Crippen LogP contribution in [0.2, 0.25) is 0 Å². The molecule has 1 aromatic carbocycles. The van der Waals surface area contributed by atoms with Gasteiger partial charge >= 0.3 is 12.1 Å². The summed E-state index contributed by atoms with van der Waals surface area (Å²) in [4.78, 5) is 38.5. The molecular weight excluding hydrogens is 388 g/mol. The number of benzene rings is 1. The lowest BCUT2D eigenvalue weighted by Crippen LogP contribution is -2.44. The lowest BCUT2D eigenvalue weighted by atomic mass is 9.97. The molecule has 1 saturated heterocycles. The van der Waals surface area contributed by atoms with Crippen LogP contribution < -0.4 is 10.1 Å². The van der Waals surface area contributed by atoms with Crippen molar-refractivity contribution in [1.82, 2.24) is 10.2 Å². The monoisotopic (exact) mass is 420 g/mol. The molecule has 1 heterocycles. The van der Waals surface area contributed by atoms with E-state index >= 15 is 0 Å². The van der Waals surface area contributed by atoms with Gasteiger partial charge in [-0.3, -0.25) is 9.59 Å². The van der Waals surface area contributed by atoms with Crippen molar-refractivity contribution in [3.05, 3.63) is 29.8 Å². The minimum atomic E-state index is -0.906. The van der Waals surface area contributed by atoms with Crippen molar-refractivity contribution < 1.29 is 28.6 Å². The Morgan fingerprint density at radius 1 is 1.17 bits per heavy atom. The molecule has 2 amide bonds. The molecule has 0 spiro atoms. The molecule has 1 fully saturated rings. The lowest BCUT2D eigenvalue weighted by molar-refractivity contribution is -0.160. The second-order valence-corrected chi connectivity index (χ2v) is 8.35. The quantitative estimate of drug-likeness (QED) is 0.711. The number of nitrogens with zero attached hydrogens (tertiary/aromatic N) is 1. The van der Waals surface area contributed by atoms with Gasteiger partial charge in [-0.2, -0.15) is 0 Å². The van der Waals surface area contributed by atoms with Crippen LogP contribution in [0.25, 0.3) is 0 Å². The summed E-state index contributed by atoms with van der Waals surface area (Å²) < 4.78 is 16.0. The first-order valence-corrected chi connectivity index (χ1v) is 10.2. The number of methoxy groups -OCH3 is 1. The first kappa shape index (κ1) is 23.5. The van der Waals surface area contributed by atoms with Crippen LogP contribution in [0.15, 0.2) is 24.3 Å². The third kappa shape index (κ3) is 6.93. The number of ether oxygens (including phenoxy) is 3. The molecular formula is C22H32N2O6. The second-order valence-electron chi connectivity index (χ2n) is 8.35. The zero-order chi connectivity index (χ0) is 22.3. The number of nitrogens with one attached hydrogen (secondary N) is 1. The van der Waals surface area contributed by atoms with Gasteiger partial charge in [-0.05, 0) is 46.6 Å². The second kappa shape index (κ2) is 10.3. The first-order chi connectivity index (χ1) is 14.1. The van der Waals surface area contributed by atoms with Crippen molar-refractivity contribution in [3.8, 4) is 5.75 Å². The van der Waals surface area contributed by atoms with E-state index in [1.807, 2.05) is 45.0 Å². The van der Waals surface area contributed by atoms with Gasteiger partial charge in [-0.25, -0.2) is 4.79 Å². The fourth-order valence-corrected chi connectivity index (χ4v) is 3.12. The molecule has 8 nitrogen and oxygen atoms in total. The topological polar surface area (TPSA) is 94.2 Å². The fraction of sp³-hybridized carbons (Fsp3) is 0.591. The predicted molar refractivity (Wildman–Crippen MR) is 111 cm³/mol. The van der Waals surface area contributed by atoms with Gasteiger partial charge in [0.1, 0.15) is 11.4 Å². The highest BCUT2D eigenvalue weighted by Gasteiger charge is 2.32. The molecule has 166 valence electrons. The van der Waals surface area contributed by atoms with Crippen molar-refractivity contribution in [2.75, 3.05) is 20.2 Å². The van der Waals surface area contributed by atoms with E-state index in [9.17, 15) is 14.4 Å². The molecule has 30 heavy (non-hydrogen) atoms. The van der Waals surface area contributed by atoms with E-state index in [1.165, 1.54) is 0 Å². The van der Waals surface area contributed by atoms with Crippen molar-refractivity contribution in [2.45, 2.75) is 58.8 Å². The zero-order valence-electron chi connectivity index (χ0n) is 18.4. The predicted octanol–water partition coefficient (Wildman–Crippen LogP) is 2.89. The summed E-state index contributed by atoms with van der Waals surface area (Å²) >= 11 is 0. The average molecular weight is 421 g/mol. The number of likely N-dealkylation sites (tertiary alicyclic amines) is 1. The molecule has 0 radical (unpaired) electrons. The first-order valence-electron chi connectivity index (χ1n) is 10.2. The van der Waals surface area contributed by atoms with Crippen LogP contribution in [0.5, 0.6) is 5.75 Å². The Balaban J connectivity index is 1.77. The number of hydrogen-bond acceptors (Lipinski definition) is 6. The number of hydrogen-bond donors (Lipinski definition) is 1. The van der Waals surface area contributed by atoms with Crippen molar-refractivity contribution in [3.63, 3.8) is 0 Å². The van der Waals surface area contributed by atoms with Crippen LogP contribution in [0.1, 0.15) is 46.1 Å². The summed E-state index contributed by atoms with van der Waals surface area (Å²) in [5.74, 6) is -0.452. The molecule has 1 N–H and O–H groups in total. The lowest BCUT2D eigenvalue weighted by Gasteiger charge is -2.32. The van der Waals surface area contributed by atoms with Gasteiger partial charge in [0, 0.05) is 25.2 Å². The number of carbonyl (C=O) groups excluding carboxylic acids is 3. The molecule has 8 heteroatoms. The van der Waals surface area contributed by atoms with Crippen LogP contribution in [0.4, 0.5) is 4.79 Å². The van der Waals surface area contributed by atoms with Crippen LogP contribution in [0, 0.1) is 5.92 Å². The standard InChI is InChI=1S/C22H32N2O6/c1-15(19(25)23-14-17-8-6-7-9-18(17)28-5)29-20(26)16-10-12-24(13-11-16)21(27)30-22(2,3)4/h6-9,15-16H,10-14H2,1-5H3,(H,23,25)/t15-/m1/s1. The number of para-hydroxylation sites is 1. The van der Waals surface area contributed by atoms with Gasteiger partial charge in [-0.1, -0.05) is 18.2 Å².